The monoisotopic (exact) mass is 251 g/mol. The van der Waals surface area contributed by atoms with Crippen molar-refractivity contribution in [1.29, 1.82) is 0 Å². The molecular weight excluding hydrogens is 234 g/mol. The van der Waals surface area contributed by atoms with E-state index >= 15 is 0 Å². The zero-order valence-corrected chi connectivity index (χ0v) is 10.5. The van der Waals surface area contributed by atoms with E-state index in [4.69, 9.17) is 15.2 Å². The van der Waals surface area contributed by atoms with Crippen LogP contribution in [-0.2, 0) is 20.9 Å². The van der Waals surface area contributed by atoms with Crippen molar-refractivity contribution in [2.24, 2.45) is 5.73 Å². The van der Waals surface area contributed by atoms with Crippen molar-refractivity contribution in [3.8, 4) is 0 Å². The normalized spacial score (nSPS) is 10.4. The van der Waals surface area contributed by atoms with Gasteiger partial charge in [-0.3, -0.25) is 4.79 Å². The van der Waals surface area contributed by atoms with Gasteiger partial charge >= 0.3 is 5.97 Å². The number of carbonyl (C=O) groups excluding carboxylic acids is 2. The van der Waals surface area contributed by atoms with E-state index in [1.807, 2.05) is 13.8 Å². The van der Waals surface area contributed by atoms with Crippen molar-refractivity contribution in [2.75, 3.05) is 6.61 Å². The molecule has 0 saturated carbocycles. The number of benzene rings is 1. The molecule has 5 heteroatoms. The average molecular weight is 251 g/mol. The summed E-state index contributed by atoms with van der Waals surface area (Å²) in [5.74, 6) is -1.01. The zero-order chi connectivity index (χ0) is 13.5. The third kappa shape index (κ3) is 4.55. The van der Waals surface area contributed by atoms with Crippen LogP contribution in [0.25, 0.3) is 0 Å². The summed E-state index contributed by atoms with van der Waals surface area (Å²) in [6.07, 6.45) is -0.0320. The summed E-state index contributed by atoms with van der Waals surface area (Å²) >= 11 is 0. The molecule has 0 bridgehead atoms. The number of hydrogen-bond acceptors (Lipinski definition) is 4. The number of ether oxygens (including phenoxy) is 2. The largest absolute Gasteiger partial charge is 0.459 e. The second kappa shape index (κ2) is 6.76. The summed E-state index contributed by atoms with van der Waals surface area (Å²) in [6, 6.07) is 6.74. The lowest BCUT2D eigenvalue weighted by Crippen LogP contribution is -2.18. The van der Waals surface area contributed by atoms with Crippen LogP contribution >= 0.6 is 0 Å². The van der Waals surface area contributed by atoms with E-state index in [-0.39, 0.29) is 19.3 Å². The number of rotatable bonds is 6. The van der Waals surface area contributed by atoms with Crippen molar-refractivity contribution < 1.29 is 19.1 Å². The lowest BCUT2D eigenvalue weighted by molar-refractivity contribution is -0.151. The van der Waals surface area contributed by atoms with Gasteiger partial charge in [-0.05, 0) is 19.9 Å². The Bertz CT molecular complexity index is 429. The molecular formula is C13H17NO4. The SMILES string of the molecule is CC(C)OCC(=O)OCc1ccccc1C(N)=O. The maximum absolute atomic E-state index is 11.3. The van der Waals surface area contributed by atoms with Gasteiger partial charge in [0.2, 0.25) is 5.91 Å². The molecule has 98 valence electrons. The Hall–Kier alpha value is -1.88. The smallest absolute Gasteiger partial charge is 0.332 e. The van der Waals surface area contributed by atoms with Gasteiger partial charge in [0, 0.05) is 11.1 Å². The molecule has 0 saturated heterocycles. The molecule has 1 aromatic rings. The van der Waals surface area contributed by atoms with Crippen LogP contribution in [0.2, 0.25) is 0 Å². The molecule has 0 aromatic heterocycles. The topological polar surface area (TPSA) is 78.6 Å². The van der Waals surface area contributed by atoms with Crippen LogP contribution in [0.3, 0.4) is 0 Å². The molecule has 0 spiro atoms. The quantitative estimate of drug-likeness (QED) is 0.772. The minimum Gasteiger partial charge on any atom is -0.459 e. The Morgan fingerprint density at radius 2 is 1.94 bits per heavy atom. The fourth-order valence-electron chi connectivity index (χ4n) is 1.32. The predicted molar refractivity (Wildman–Crippen MR) is 65.8 cm³/mol. The van der Waals surface area contributed by atoms with Gasteiger partial charge in [-0.15, -0.1) is 0 Å². The molecule has 1 aromatic carbocycles. The summed E-state index contributed by atoms with van der Waals surface area (Å²) in [5, 5.41) is 0. The number of primary amides is 1. The lowest BCUT2D eigenvalue weighted by Gasteiger charge is -2.09. The first-order valence-electron chi connectivity index (χ1n) is 5.65. The molecule has 1 amide bonds. The molecule has 0 aliphatic carbocycles. The van der Waals surface area contributed by atoms with Gasteiger partial charge in [0.05, 0.1) is 6.10 Å². The lowest BCUT2D eigenvalue weighted by atomic mass is 10.1. The van der Waals surface area contributed by atoms with E-state index in [9.17, 15) is 9.59 Å². The molecule has 0 atom stereocenters. The van der Waals surface area contributed by atoms with Gasteiger partial charge < -0.3 is 15.2 Å². The van der Waals surface area contributed by atoms with Crippen LogP contribution in [0.1, 0.15) is 29.8 Å². The Kier molecular flexibility index (Phi) is 5.32. The van der Waals surface area contributed by atoms with Crippen LogP contribution in [0.5, 0.6) is 0 Å². The van der Waals surface area contributed by atoms with Gasteiger partial charge in [-0.2, -0.15) is 0 Å². The highest BCUT2D eigenvalue weighted by Gasteiger charge is 2.10. The number of nitrogens with two attached hydrogens (primary N) is 1. The summed E-state index contributed by atoms with van der Waals surface area (Å²) in [6.45, 7) is 3.57. The standard InChI is InChI=1S/C13H17NO4/c1-9(2)17-8-12(15)18-7-10-5-3-4-6-11(10)13(14)16/h3-6,9H,7-8H2,1-2H3,(H2,14,16). The molecule has 0 aliphatic heterocycles. The molecule has 0 heterocycles. The minimum absolute atomic E-state index is 0.0133. The van der Waals surface area contributed by atoms with Crippen LogP contribution in [0, 0.1) is 0 Å². The highest BCUT2D eigenvalue weighted by molar-refractivity contribution is 5.94. The first kappa shape index (κ1) is 14.2. The van der Waals surface area contributed by atoms with Crippen molar-refractivity contribution >= 4 is 11.9 Å². The predicted octanol–water partition coefficient (Wildman–Crippen LogP) is 1.25. The minimum atomic E-state index is -0.542. The van der Waals surface area contributed by atoms with E-state index < -0.39 is 11.9 Å². The highest BCUT2D eigenvalue weighted by atomic mass is 16.6. The van der Waals surface area contributed by atoms with Crippen LogP contribution in [0.15, 0.2) is 24.3 Å². The summed E-state index contributed by atoms with van der Waals surface area (Å²) in [4.78, 5) is 22.5. The van der Waals surface area contributed by atoms with E-state index in [1.165, 1.54) is 0 Å². The number of carbonyl (C=O) groups is 2. The van der Waals surface area contributed by atoms with E-state index in [1.54, 1.807) is 24.3 Å². The molecule has 18 heavy (non-hydrogen) atoms. The Morgan fingerprint density at radius 1 is 1.28 bits per heavy atom. The molecule has 0 radical (unpaired) electrons. The first-order valence-corrected chi connectivity index (χ1v) is 5.65. The van der Waals surface area contributed by atoms with Crippen molar-refractivity contribution in [3.63, 3.8) is 0 Å². The molecule has 1 rings (SSSR count). The van der Waals surface area contributed by atoms with E-state index in [2.05, 4.69) is 0 Å². The second-order valence-electron chi connectivity index (χ2n) is 4.04. The Labute approximate surface area is 106 Å². The van der Waals surface area contributed by atoms with Crippen molar-refractivity contribution in [2.45, 2.75) is 26.6 Å². The highest BCUT2D eigenvalue weighted by Crippen LogP contribution is 2.09. The van der Waals surface area contributed by atoms with Crippen LogP contribution in [-0.4, -0.2) is 24.6 Å². The first-order chi connectivity index (χ1) is 8.50. The van der Waals surface area contributed by atoms with Crippen LogP contribution < -0.4 is 5.73 Å². The summed E-state index contributed by atoms with van der Waals surface area (Å²) in [7, 11) is 0. The summed E-state index contributed by atoms with van der Waals surface area (Å²) in [5.41, 5.74) is 6.16. The van der Waals surface area contributed by atoms with Gasteiger partial charge in [-0.25, -0.2) is 4.79 Å². The van der Waals surface area contributed by atoms with E-state index in [0.717, 1.165) is 0 Å². The average Bonchev–Trinajstić information content (AvgIpc) is 2.34. The van der Waals surface area contributed by atoms with Crippen molar-refractivity contribution in [1.82, 2.24) is 0 Å². The van der Waals surface area contributed by atoms with E-state index in [0.29, 0.717) is 11.1 Å². The van der Waals surface area contributed by atoms with Gasteiger partial charge in [0.25, 0.3) is 0 Å². The molecule has 0 unspecified atom stereocenters. The fourth-order valence-corrected chi connectivity index (χ4v) is 1.32. The summed E-state index contributed by atoms with van der Waals surface area (Å²) < 4.78 is 10.1. The van der Waals surface area contributed by atoms with Gasteiger partial charge in [-0.1, -0.05) is 18.2 Å². The zero-order valence-electron chi connectivity index (χ0n) is 10.5. The third-order valence-electron chi connectivity index (χ3n) is 2.21. The molecule has 0 aliphatic rings. The van der Waals surface area contributed by atoms with Crippen molar-refractivity contribution in [3.05, 3.63) is 35.4 Å². The Balaban J connectivity index is 2.53. The van der Waals surface area contributed by atoms with Crippen LogP contribution in [0.4, 0.5) is 0 Å². The third-order valence-corrected chi connectivity index (χ3v) is 2.21. The maximum Gasteiger partial charge on any atom is 0.332 e. The number of esters is 1. The fraction of sp³-hybridized carbons (Fsp3) is 0.385. The number of hydrogen-bond donors (Lipinski definition) is 1. The molecule has 2 N–H and O–H groups in total. The second-order valence-corrected chi connectivity index (χ2v) is 4.04. The van der Waals surface area contributed by atoms with Gasteiger partial charge in [0.15, 0.2) is 0 Å². The Morgan fingerprint density at radius 3 is 2.56 bits per heavy atom. The maximum atomic E-state index is 11.3. The molecule has 5 nitrogen and oxygen atoms in total. The molecule has 0 fully saturated rings. The van der Waals surface area contributed by atoms with Gasteiger partial charge in [0.1, 0.15) is 13.2 Å². The number of amides is 1.